The Labute approximate surface area is 166 Å². The average Bonchev–Trinajstić information content (AvgIpc) is 3.08. The van der Waals surface area contributed by atoms with E-state index in [1.54, 1.807) is 13.8 Å². The van der Waals surface area contributed by atoms with Crippen molar-refractivity contribution in [2.45, 2.75) is 47.6 Å². The van der Waals surface area contributed by atoms with E-state index in [4.69, 9.17) is 4.74 Å². The molecule has 8 heteroatoms. The molecule has 0 aliphatic rings. The molecule has 0 atom stereocenters. The van der Waals surface area contributed by atoms with E-state index in [0.717, 1.165) is 22.7 Å². The highest BCUT2D eigenvalue weighted by Gasteiger charge is 2.22. The van der Waals surface area contributed by atoms with Crippen molar-refractivity contribution in [2.75, 3.05) is 6.61 Å². The smallest absolute Gasteiger partial charge is 0.349 e. The molecule has 0 spiro atoms. The van der Waals surface area contributed by atoms with E-state index in [2.05, 4.69) is 28.4 Å². The lowest BCUT2D eigenvalue weighted by molar-refractivity contribution is 0.0479. The van der Waals surface area contributed by atoms with Crippen molar-refractivity contribution in [3.05, 3.63) is 49.6 Å². The number of carbonyl (C=O) groups excluding carboxylic acids is 2. The van der Waals surface area contributed by atoms with Gasteiger partial charge in [0.1, 0.15) is 15.5 Å². The van der Waals surface area contributed by atoms with E-state index >= 15 is 0 Å². The van der Waals surface area contributed by atoms with Gasteiger partial charge in [-0.15, -0.1) is 11.3 Å². The number of aromatic nitrogens is 3. The van der Waals surface area contributed by atoms with Gasteiger partial charge in [0.05, 0.1) is 5.39 Å². The van der Waals surface area contributed by atoms with Crippen LogP contribution in [0.4, 0.5) is 0 Å². The number of nitrogens with one attached hydrogen (secondary N) is 1. The van der Waals surface area contributed by atoms with Crippen LogP contribution in [-0.4, -0.2) is 32.9 Å². The van der Waals surface area contributed by atoms with E-state index in [-0.39, 0.29) is 24.0 Å². The molecule has 0 aliphatic heterocycles. The predicted molar refractivity (Wildman–Crippen MR) is 109 cm³/mol. The van der Waals surface area contributed by atoms with Gasteiger partial charge in [-0.05, 0) is 53.2 Å². The third-order valence-electron chi connectivity index (χ3n) is 4.74. The summed E-state index contributed by atoms with van der Waals surface area (Å²) in [7, 11) is 0. The third-order valence-corrected chi connectivity index (χ3v) is 5.91. The Kier molecular flexibility index (Phi) is 5.25. The first kappa shape index (κ1) is 20.0. The fourth-order valence-corrected chi connectivity index (χ4v) is 4.70. The van der Waals surface area contributed by atoms with E-state index in [0.29, 0.717) is 32.0 Å². The molecule has 0 radical (unpaired) electrons. The number of thiophene rings is 1. The van der Waals surface area contributed by atoms with E-state index in [1.807, 2.05) is 19.9 Å². The summed E-state index contributed by atoms with van der Waals surface area (Å²) in [5, 5.41) is 0.384. The fourth-order valence-electron chi connectivity index (χ4n) is 3.57. The fraction of sp³-hybridized carbons (Fsp3) is 0.400. The number of Topliss-reactive ketones (excluding diaryl/α,β-unsaturated/α-hetero) is 1. The minimum atomic E-state index is -0.622. The zero-order chi connectivity index (χ0) is 20.7. The molecule has 0 aliphatic carbocycles. The first-order valence-corrected chi connectivity index (χ1v) is 9.82. The van der Waals surface area contributed by atoms with Crippen molar-refractivity contribution in [1.82, 2.24) is 14.5 Å². The van der Waals surface area contributed by atoms with Crippen LogP contribution in [0.2, 0.25) is 0 Å². The van der Waals surface area contributed by atoms with Gasteiger partial charge in [0.25, 0.3) is 5.56 Å². The third kappa shape index (κ3) is 3.40. The number of fused-ring (bicyclic) bond motifs is 1. The summed E-state index contributed by atoms with van der Waals surface area (Å²) >= 11 is 1.10. The van der Waals surface area contributed by atoms with Crippen molar-refractivity contribution in [3.63, 3.8) is 0 Å². The molecular weight excluding hydrogens is 378 g/mol. The second-order valence-corrected chi connectivity index (χ2v) is 8.13. The van der Waals surface area contributed by atoms with Gasteiger partial charge in [0.2, 0.25) is 5.78 Å². The molecule has 0 amide bonds. The van der Waals surface area contributed by atoms with Gasteiger partial charge < -0.3 is 14.3 Å². The van der Waals surface area contributed by atoms with Crippen LogP contribution in [0, 0.1) is 27.7 Å². The highest BCUT2D eigenvalue weighted by Crippen LogP contribution is 2.28. The number of esters is 1. The molecule has 0 fully saturated rings. The molecule has 3 rings (SSSR count). The lowest BCUT2D eigenvalue weighted by Crippen LogP contribution is -2.15. The van der Waals surface area contributed by atoms with Crippen molar-refractivity contribution >= 4 is 33.3 Å². The van der Waals surface area contributed by atoms with Gasteiger partial charge in [-0.3, -0.25) is 9.59 Å². The number of aryl methyl sites for hydroxylation is 3. The number of hydrogen-bond donors (Lipinski definition) is 1. The molecule has 0 saturated carbocycles. The molecule has 7 nitrogen and oxygen atoms in total. The normalized spacial score (nSPS) is 11.4. The van der Waals surface area contributed by atoms with Crippen LogP contribution in [-0.2, 0) is 4.74 Å². The number of hydrogen-bond acceptors (Lipinski definition) is 6. The van der Waals surface area contributed by atoms with Gasteiger partial charge in [0, 0.05) is 23.0 Å². The second-order valence-electron chi connectivity index (χ2n) is 7.14. The van der Waals surface area contributed by atoms with Crippen molar-refractivity contribution in [2.24, 2.45) is 0 Å². The Bertz CT molecular complexity index is 1150. The lowest BCUT2D eigenvalue weighted by Gasteiger charge is -2.13. The van der Waals surface area contributed by atoms with Crippen molar-refractivity contribution < 1.29 is 14.3 Å². The first-order chi connectivity index (χ1) is 13.1. The van der Waals surface area contributed by atoms with Crippen LogP contribution in [0.15, 0.2) is 10.9 Å². The largest absolute Gasteiger partial charge is 0.453 e. The van der Waals surface area contributed by atoms with Crippen LogP contribution in [0.1, 0.15) is 62.7 Å². The van der Waals surface area contributed by atoms with Gasteiger partial charge in [-0.2, -0.15) is 0 Å². The van der Waals surface area contributed by atoms with Crippen LogP contribution >= 0.6 is 11.3 Å². The molecule has 1 N–H and O–H groups in total. The predicted octanol–water partition coefficient (Wildman–Crippen LogP) is 3.64. The van der Waals surface area contributed by atoms with Crippen molar-refractivity contribution in [3.8, 4) is 0 Å². The maximum atomic E-state index is 12.6. The molecule has 3 aromatic heterocycles. The van der Waals surface area contributed by atoms with Crippen LogP contribution in [0.5, 0.6) is 0 Å². The van der Waals surface area contributed by atoms with E-state index in [9.17, 15) is 14.4 Å². The summed E-state index contributed by atoms with van der Waals surface area (Å²) < 4.78 is 7.34. The Balaban J connectivity index is 1.82. The minimum Gasteiger partial charge on any atom is -0.453 e. The average molecular weight is 401 g/mol. The molecule has 0 bridgehead atoms. The molecule has 0 aromatic carbocycles. The molecule has 148 valence electrons. The highest BCUT2D eigenvalue weighted by molar-refractivity contribution is 7.20. The number of aromatic amines is 1. The number of nitrogens with zero attached hydrogens (tertiary/aromatic N) is 2. The van der Waals surface area contributed by atoms with Crippen LogP contribution in [0.25, 0.3) is 10.2 Å². The summed E-state index contributed by atoms with van der Waals surface area (Å²) in [6, 6.07) is 2.06. The summed E-state index contributed by atoms with van der Waals surface area (Å²) in [6.45, 7) is 10.9. The van der Waals surface area contributed by atoms with Gasteiger partial charge in [-0.1, -0.05) is 0 Å². The quantitative estimate of drug-likeness (QED) is 0.520. The second kappa shape index (κ2) is 7.35. The molecule has 28 heavy (non-hydrogen) atoms. The lowest BCUT2D eigenvalue weighted by atomic mass is 10.1. The molecule has 3 heterocycles. The summed E-state index contributed by atoms with van der Waals surface area (Å²) in [4.78, 5) is 44.9. The standard InChI is InChI=1S/C20H23N3O4S/c1-9(2)23-10(3)7-14(12(23)5)15(24)8-27-20(26)17-11(4)16-18(25)21-13(6)22-19(16)28-17/h7,9H,8H2,1-6H3,(H,21,22,25). The maximum Gasteiger partial charge on any atom is 0.349 e. The van der Waals surface area contributed by atoms with Crippen molar-refractivity contribution in [1.29, 1.82) is 0 Å². The summed E-state index contributed by atoms with van der Waals surface area (Å²) in [6.07, 6.45) is 0. The van der Waals surface area contributed by atoms with E-state index in [1.165, 1.54) is 0 Å². The van der Waals surface area contributed by atoms with E-state index < -0.39 is 5.97 Å². The maximum absolute atomic E-state index is 12.6. The van der Waals surface area contributed by atoms with Gasteiger partial charge in [0.15, 0.2) is 6.61 Å². The SMILES string of the molecule is Cc1nc2sc(C(=O)OCC(=O)c3cc(C)n(C(C)C)c3C)c(C)c2c(=O)[nH]1. The Morgan fingerprint density at radius 1 is 1.25 bits per heavy atom. The molecular formula is C20H23N3O4S. The number of ketones is 1. The highest BCUT2D eigenvalue weighted by atomic mass is 32.1. The van der Waals surface area contributed by atoms with Gasteiger partial charge >= 0.3 is 5.97 Å². The number of ether oxygens (including phenoxy) is 1. The zero-order valence-electron chi connectivity index (χ0n) is 16.8. The Hall–Kier alpha value is -2.74. The summed E-state index contributed by atoms with van der Waals surface area (Å²) in [5.41, 5.74) is 2.64. The summed E-state index contributed by atoms with van der Waals surface area (Å²) in [5.74, 6) is -0.392. The Morgan fingerprint density at radius 2 is 1.93 bits per heavy atom. The first-order valence-electron chi connectivity index (χ1n) is 9.00. The Morgan fingerprint density at radius 3 is 2.54 bits per heavy atom. The molecule has 0 unspecified atom stereocenters. The molecule has 3 aromatic rings. The minimum absolute atomic E-state index is 0.236. The van der Waals surface area contributed by atoms with Crippen LogP contribution in [0.3, 0.4) is 0 Å². The number of carbonyl (C=O) groups is 2. The zero-order valence-corrected chi connectivity index (χ0v) is 17.6. The monoisotopic (exact) mass is 401 g/mol. The molecule has 0 saturated heterocycles. The van der Waals surface area contributed by atoms with Gasteiger partial charge in [-0.25, -0.2) is 9.78 Å². The topological polar surface area (TPSA) is 94.0 Å². The number of H-pyrrole nitrogens is 1. The number of rotatable bonds is 5. The van der Waals surface area contributed by atoms with Crippen LogP contribution < -0.4 is 5.56 Å².